The van der Waals surface area contributed by atoms with Gasteiger partial charge in [-0.25, -0.2) is 8.42 Å². The summed E-state index contributed by atoms with van der Waals surface area (Å²) >= 11 is 0. The van der Waals surface area contributed by atoms with E-state index in [1.54, 1.807) is 0 Å². The van der Waals surface area contributed by atoms with Gasteiger partial charge in [0.25, 0.3) is 10.4 Å². The minimum absolute atomic E-state index is 0. The van der Waals surface area contributed by atoms with E-state index in [9.17, 15) is 22.9 Å². The molecule has 1 rings (SSSR count). The average Bonchev–Trinajstić information content (AvgIpc) is 2.17. The van der Waals surface area contributed by atoms with Crippen molar-refractivity contribution in [3.8, 4) is 11.5 Å². The second-order valence-electron chi connectivity index (χ2n) is 3.03. The van der Waals surface area contributed by atoms with Gasteiger partial charge in [-0.2, -0.15) is 0 Å². The van der Waals surface area contributed by atoms with Crippen LogP contribution in [-0.2, 0) is 21.6 Å². The van der Waals surface area contributed by atoms with Gasteiger partial charge in [-0.3, -0.25) is 0 Å². The van der Waals surface area contributed by atoms with Crippen LogP contribution in [-0.4, -0.2) is 26.0 Å². The fourth-order valence-corrected chi connectivity index (χ4v) is 1.53. The summed E-state index contributed by atoms with van der Waals surface area (Å²) < 4.78 is 40.1. The Kier molecular flexibility index (Phi) is 10.4. The molecule has 0 spiro atoms. The number of carbonyl (C=O) groups is 1. The first-order valence-corrected chi connectivity index (χ1v) is 5.67. The summed E-state index contributed by atoms with van der Waals surface area (Å²) in [5, 5.41) is 10.4. The predicted molar refractivity (Wildman–Crippen MR) is 52.0 cm³/mol. The molecule has 0 aromatic heterocycles. The normalized spacial score (nSPS) is 9.79. The van der Waals surface area contributed by atoms with Crippen LogP contribution in [0.1, 0.15) is 5.56 Å². The summed E-state index contributed by atoms with van der Waals surface area (Å²) in [4.78, 5) is 10.4. The maximum absolute atomic E-state index is 10.4. The second kappa shape index (κ2) is 9.19. The summed E-state index contributed by atoms with van der Waals surface area (Å²) in [6.45, 7) is 0. The fraction of sp³-hybridized carbons (Fsp3) is 0.222. The number of benzene rings is 1. The van der Waals surface area contributed by atoms with Crippen LogP contribution in [0.25, 0.3) is 0 Å². The third kappa shape index (κ3) is 8.16. The summed E-state index contributed by atoms with van der Waals surface area (Å²) in [5.41, 5.74) is 0.331. The zero-order valence-corrected chi connectivity index (χ0v) is 15.5. The number of rotatable bonds is 5. The van der Waals surface area contributed by atoms with Gasteiger partial charge in [0.05, 0.1) is 7.11 Å². The number of carboxylic acids is 1. The molecule has 0 radical (unpaired) electrons. The van der Waals surface area contributed by atoms with E-state index in [0.29, 0.717) is 5.56 Å². The van der Waals surface area contributed by atoms with Crippen molar-refractivity contribution in [2.45, 2.75) is 6.42 Å². The first-order valence-electron chi connectivity index (χ1n) is 4.34. The monoisotopic (exact) mass is 306 g/mol. The Balaban J connectivity index is 0. The van der Waals surface area contributed by atoms with Crippen LogP contribution in [0.3, 0.4) is 0 Å². The van der Waals surface area contributed by atoms with Gasteiger partial charge >= 0.3 is 59.1 Å². The van der Waals surface area contributed by atoms with Crippen LogP contribution >= 0.6 is 0 Å². The van der Waals surface area contributed by atoms with E-state index in [1.807, 2.05) is 0 Å². The number of hydrogen-bond donors (Lipinski definition) is 0. The Labute approximate surface area is 154 Å². The minimum atomic E-state index is -4.90. The third-order valence-corrected chi connectivity index (χ3v) is 2.15. The van der Waals surface area contributed by atoms with E-state index in [1.165, 1.54) is 19.2 Å². The van der Waals surface area contributed by atoms with E-state index in [0.717, 1.165) is 6.07 Å². The molecule has 94 valence electrons. The first kappa shape index (κ1) is 21.5. The molecule has 0 amide bonds. The topological polar surface area (TPSA) is 116 Å². The van der Waals surface area contributed by atoms with Gasteiger partial charge in [-0.05, 0) is 17.7 Å². The molecule has 0 fully saturated rings. The van der Waals surface area contributed by atoms with Gasteiger partial charge in [0.15, 0.2) is 11.5 Å². The maximum atomic E-state index is 10.4. The SMILES string of the molecule is COc1cc(CC(=O)[O-])ccc1OS(=O)(=O)[O-].[Na+].[Na+]. The Morgan fingerprint density at radius 2 is 1.84 bits per heavy atom. The second-order valence-corrected chi connectivity index (χ2v) is 4.01. The van der Waals surface area contributed by atoms with Crippen LogP contribution in [0, 0.1) is 0 Å². The van der Waals surface area contributed by atoms with E-state index < -0.39 is 16.4 Å². The zero-order valence-electron chi connectivity index (χ0n) is 10.7. The van der Waals surface area contributed by atoms with Crippen molar-refractivity contribution in [3.05, 3.63) is 23.8 Å². The summed E-state index contributed by atoms with van der Waals surface area (Å²) in [5.74, 6) is -1.65. The standard InChI is InChI=1S/C9H10O7S.2Na/c1-15-8-4-6(5-9(10)11)2-3-7(8)16-17(12,13)14;;/h2-4H,5H2,1H3,(H,10,11)(H,12,13,14);;/q;2*+1/p-2. The van der Waals surface area contributed by atoms with Gasteiger partial charge in [-0.1, -0.05) is 6.07 Å². The van der Waals surface area contributed by atoms with E-state index in [2.05, 4.69) is 4.18 Å². The van der Waals surface area contributed by atoms with Gasteiger partial charge in [0, 0.05) is 12.4 Å². The number of hydrogen-bond acceptors (Lipinski definition) is 7. The maximum Gasteiger partial charge on any atom is 1.00 e. The van der Waals surface area contributed by atoms with Crippen LogP contribution in [0.4, 0.5) is 0 Å². The van der Waals surface area contributed by atoms with Crippen molar-refractivity contribution in [2.24, 2.45) is 0 Å². The minimum Gasteiger partial charge on any atom is -0.716 e. The molecule has 0 heterocycles. The van der Waals surface area contributed by atoms with Gasteiger partial charge < -0.3 is 23.4 Å². The molecule has 1 aromatic rings. The van der Waals surface area contributed by atoms with Crippen LogP contribution in [0.5, 0.6) is 11.5 Å². The number of aliphatic carboxylic acids is 1. The third-order valence-electron chi connectivity index (χ3n) is 1.77. The largest absolute Gasteiger partial charge is 1.00 e. The molecule has 1 aromatic carbocycles. The van der Waals surface area contributed by atoms with Crippen LogP contribution in [0.15, 0.2) is 18.2 Å². The Hall–Kier alpha value is 0.200. The van der Waals surface area contributed by atoms with E-state index >= 15 is 0 Å². The van der Waals surface area contributed by atoms with Crippen LogP contribution < -0.4 is 73.1 Å². The van der Waals surface area contributed by atoms with Crippen molar-refractivity contribution in [3.63, 3.8) is 0 Å². The van der Waals surface area contributed by atoms with Crippen molar-refractivity contribution >= 4 is 16.4 Å². The molecule has 7 nitrogen and oxygen atoms in total. The number of ether oxygens (including phenoxy) is 1. The zero-order chi connectivity index (χ0) is 13.1. The summed E-state index contributed by atoms with van der Waals surface area (Å²) in [6.07, 6.45) is -0.360. The van der Waals surface area contributed by atoms with Gasteiger partial charge in [-0.15, -0.1) is 0 Å². The predicted octanol–water partition coefficient (Wildman–Crippen LogP) is -7.17. The Morgan fingerprint density at radius 3 is 2.26 bits per heavy atom. The first-order chi connectivity index (χ1) is 7.81. The molecule has 0 aliphatic heterocycles. The Bertz CT molecular complexity index is 529. The van der Waals surface area contributed by atoms with E-state index in [4.69, 9.17) is 4.74 Å². The molecule has 0 unspecified atom stereocenters. The number of carboxylic acid groups (broad SMARTS) is 1. The molecule has 0 saturated heterocycles. The van der Waals surface area contributed by atoms with Crippen molar-refractivity contribution < 1.29 is 90.9 Å². The molecule has 19 heavy (non-hydrogen) atoms. The molecule has 0 bridgehead atoms. The number of carbonyl (C=O) groups excluding carboxylic acids is 1. The smallest absolute Gasteiger partial charge is 0.716 e. The quantitative estimate of drug-likeness (QED) is 0.301. The van der Waals surface area contributed by atoms with Crippen LogP contribution in [0.2, 0.25) is 0 Å². The summed E-state index contributed by atoms with van der Waals surface area (Å²) in [6, 6.07) is 3.67. The molecule has 0 N–H and O–H groups in total. The summed E-state index contributed by atoms with van der Waals surface area (Å²) in [7, 11) is -3.68. The van der Waals surface area contributed by atoms with Crippen molar-refractivity contribution in [2.75, 3.05) is 7.11 Å². The Morgan fingerprint density at radius 1 is 1.26 bits per heavy atom. The van der Waals surface area contributed by atoms with Gasteiger partial charge in [0.1, 0.15) is 0 Å². The fourth-order valence-electron chi connectivity index (χ4n) is 1.17. The molecule has 0 saturated carbocycles. The molecule has 0 atom stereocenters. The molecule has 0 aliphatic carbocycles. The van der Waals surface area contributed by atoms with E-state index in [-0.39, 0.29) is 77.0 Å². The molecular formula is C9H8Na2O7S. The molecular weight excluding hydrogens is 298 g/mol. The van der Waals surface area contributed by atoms with Gasteiger partial charge in [0.2, 0.25) is 0 Å². The number of methoxy groups -OCH3 is 1. The molecule has 0 aliphatic rings. The van der Waals surface area contributed by atoms with Crippen molar-refractivity contribution in [1.82, 2.24) is 0 Å². The van der Waals surface area contributed by atoms with Crippen molar-refractivity contribution in [1.29, 1.82) is 0 Å². The average molecular weight is 306 g/mol. The molecule has 10 heteroatoms.